The molecule has 1 N–H and O–H groups in total. The van der Waals surface area contributed by atoms with Crippen molar-refractivity contribution >= 4 is 23.3 Å². The van der Waals surface area contributed by atoms with Crippen molar-refractivity contribution in [3.63, 3.8) is 0 Å². The van der Waals surface area contributed by atoms with Crippen LogP contribution in [-0.4, -0.2) is 97.9 Å². The summed E-state index contributed by atoms with van der Waals surface area (Å²) < 4.78 is 10.8. The molecule has 0 amide bonds. The van der Waals surface area contributed by atoms with Crippen LogP contribution in [0.4, 0.5) is 0 Å². The summed E-state index contributed by atoms with van der Waals surface area (Å²) in [4.78, 5) is 18.9. The van der Waals surface area contributed by atoms with Crippen molar-refractivity contribution in [3.05, 3.63) is 35.9 Å². The molecular weight excluding hydrogens is 388 g/mol. The number of nitrogens with zero attached hydrogens (tertiary/aromatic N) is 3. The zero-order valence-corrected chi connectivity index (χ0v) is 17.9. The molecule has 1 aromatic rings. The fourth-order valence-electron chi connectivity index (χ4n) is 3.56. The Morgan fingerprint density at radius 1 is 1.03 bits per heavy atom. The Morgan fingerprint density at radius 2 is 1.83 bits per heavy atom. The highest BCUT2D eigenvalue weighted by Gasteiger charge is 2.19. The molecule has 2 aliphatic rings. The van der Waals surface area contributed by atoms with Gasteiger partial charge in [-0.1, -0.05) is 30.3 Å². The summed E-state index contributed by atoms with van der Waals surface area (Å²) in [6, 6.07) is 9.78. The van der Waals surface area contributed by atoms with E-state index in [1.165, 1.54) is 0 Å². The monoisotopic (exact) mass is 420 g/mol. The predicted octanol–water partition coefficient (Wildman–Crippen LogP) is 0.944. The average Bonchev–Trinajstić information content (AvgIpc) is 2.99. The smallest absolute Gasteiger partial charge is 0.320 e. The fraction of sp³-hybridized carbons (Fsp3) is 0.619. The van der Waals surface area contributed by atoms with E-state index >= 15 is 0 Å². The van der Waals surface area contributed by atoms with E-state index < -0.39 is 0 Å². The highest BCUT2D eigenvalue weighted by Crippen LogP contribution is 2.06. The third-order valence-electron chi connectivity index (χ3n) is 5.28. The third-order valence-corrected chi connectivity index (χ3v) is 5.68. The van der Waals surface area contributed by atoms with E-state index in [0.29, 0.717) is 13.2 Å². The Labute approximate surface area is 178 Å². The van der Waals surface area contributed by atoms with Crippen LogP contribution in [0.2, 0.25) is 0 Å². The number of hydrogen-bond acceptors (Lipinski definition) is 6. The van der Waals surface area contributed by atoms with Crippen LogP contribution in [0, 0.1) is 0 Å². The standard InChI is InChI=1S/C21H32N4O3S/c26-20(28-18-19-5-2-1-3-6-19)17-24-8-4-9-25(12-11-24)21(29)22-7-10-23-13-15-27-16-14-23/h1-3,5-6H,4,7-18H2,(H,22,29). The van der Waals surface area contributed by atoms with Crippen molar-refractivity contribution < 1.29 is 14.3 Å². The van der Waals surface area contributed by atoms with Crippen molar-refractivity contribution in [2.24, 2.45) is 0 Å². The molecular formula is C21H32N4O3S. The topological polar surface area (TPSA) is 57.3 Å². The SMILES string of the molecule is O=C(CN1CCCN(C(=S)NCCN2CCOCC2)CC1)OCc1ccccc1. The van der Waals surface area contributed by atoms with Gasteiger partial charge < -0.3 is 19.7 Å². The summed E-state index contributed by atoms with van der Waals surface area (Å²) in [5.74, 6) is -0.173. The van der Waals surface area contributed by atoms with Crippen molar-refractivity contribution in [3.8, 4) is 0 Å². The van der Waals surface area contributed by atoms with Gasteiger partial charge in [0.05, 0.1) is 19.8 Å². The lowest BCUT2D eigenvalue weighted by Crippen LogP contribution is -2.46. The van der Waals surface area contributed by atoms with Crippen LogP contribution in [-0.2, 0) is 20.9 Å². The summed E-state index contributed by atoms with van der Waals surface area (Å²) in [5, 5.41) is 4.20. The minimum Gasteiger partial charge on any atom is -0.460 e. The molecule has 0 aliphatic carbocycles. The Bertz CT molecular complexity index is 640. The van der Waals surface area contributed by atoms with E-state index in [-0.39, 0.29) is 5.97 Å². The summed E-state index contributed by atoms with van der Waals surface area (Å²) in [6.45, 7) is 9.56. The average molecular weight is 421 g/mol. The quantitative estimate of drug-likeness (QED) is 0.517. The largest absolute Gasteiger partial charge is 0.460 e. The first-order valence-electron chi connectivity index (χ1n) is 10.5. The van der Waals surface area contributed by atoms with Gasteiger partial charge in [-0.15, -0.1) is 0 Å². The molecule has 2 saturated heterocycles. The number of nitrogens with one attached hydrogen (secondary N) is 1. The van der Waals surface area contributed by atoms with Gasteiger partial charge in [0.2, 0.25) is 0 Å². The first-order valence-corrected chi connectivity index (χ1v) is 10.9. The Kier molecular flexibility index (Phi) is 9.14. The number of hydrogen-bond donors (Lipinski definition) is 1. The molecule has 8 heteroatoms. The molecule has 0 bridgehead atoms. The predicted molar refractivity (Wildman–Crippen MR) is 117 cm³/mol. The maximum absolute atomic E-state index is 12.2. The minimum absolute atomic E-state index is 0.173. The number of carbonyl (C=O) groups is 1. The van der Waals surface area contributed by atoms with E-state index in [1.54, 1.807) is 0 Å². The number of thiocarbonyl (C=S) groups is 1. The minimum atomic E-state index is -0.173. The Balaban J connectivity index is 1.32. The van der Waals surface area contributed by atoms with Crippen LogP contribution in [0.3, 0.4) is 0 Å². The second kappa shape index (κ2) is 12.1. The molecule has 29 heavy (non-hydrogen) atoms. The highest BCUT2D eigenvalue weighted by atomic mass is 32.1. The van der Waals surface area contributed by atoms with Gasteiger partial charge in [0.15, 0.2) is 5.11 Å². The second-order valence-electron chi connectivity index (χ2n) is 7.45. The highest BCUT2D eigenvalue weighted by molar-refractivity contribution is 7.80. The van der Waals surface area contributed by atoms with E-state index in [1.807, 2.05) is 30.3 Å². The molecule has 2 aliphatic heterocycles. The Morgan fingerprint density at radius 3 is 2.62 bits per heavy atom. The number of rotatable bonds is 7. The lowest BCUT2D eigenvalue weighted by molar-refractivity contribution is -0.146. The van der Waals surface area contributed by atoms with Gasteiger partial charge in [-0.3, -0.25) is 14.6 Å². The Hall–Kier alpha value is -1.74. The van der Waals surface area contributed by atoms with E-state index in [9.17, 15) is 4.79 Å². The lowest BCUT2D eigenvalue weighted by atomic mass is 10.2. The maximum atomic E-state index is 12.2. The molecule has 0 unspecified atom stereocenters. The molecule has 7 nitrogen and oxygen atoms in total. The van der Waals surface area contributed by atoms with Gasteiger partial charge in [0, 0.05) is 52.4 Å². The van der Waals surface area contributed by atoms with Gasteiger partial charge in [-0.25, -0.2) is 0 Å². The van der Waals surface area contributed by atoms with E-state index in [0.717, 1.165) is 82.7 Å². The number of benzene rings is 1. The number of ether oxygens (including phenoxy) is 2. The summed E-state index contributed by atoms with van der Waals surface area (Å²) in [5.41, 5.74) is 1.01. The molecule has 2 heterocycles. The maximum Gasteiger partial charge on any atom is 0.320 e. The van der Waals surface area contributed by atoms with Crippen LogP contribution in [0.15, 0.2) is 30.3 Å². The summed E-state index contributed by atoms with van der Waals surface area (Å²) in [7, 11) is 0. The van der Waals surface area contributed by atoms with E-state index in [2.05, 4.69) is 20.0 Å². The molecule has 160 valence electrons. The molecule has 0 aromatic heterocycles. The van der Waals surface area contributed by atoms with Crippen LogP contribution in [0.1, 0.15) is 12.0 Å². The number of esters is 1. The van der Waals surface area contributed by atoms with Crippen molar-refractivity contribution in [1.29, 1.82) is 0 Å². The summed E-state index contributed by atoms with van der Waals surface area (Å²) in [6.07, 6.45) is 0.983. The van der Waals surface area contributed by atoms with Crippen LogP contribution in [0.5, 0.6) is 0 Å². The summed E-state index contributed by atoms with van der Waals surface area (Å²) >= 11 is 5.58. The second-order valence-corrected chi connectivity index (χ2v) is 7.84. The molecule has 0 spiro atoms. The van der Waals surface area contributed by atoms with Gasteiger partial charge in [0.25, 0.3) is 0 Å². The number of carbonyl (C=O) groups excluding carboxylic acids is 1. The molecule has 0 atom stereocenters. The van der Waals surface area contributed by atoms with Crippen molar-refractivity contribution in [2.45, 2.75) is 13.0 Å². The van der Waals surface area contributed by atoms with E-state index in [4.69, 9.17) is 21.7 Å². The normalized spacial score (nSPS) is 18.8. The third kappa shape index (κ3) is 7.89. The van der Waals surface area contributed by atoms with Crippen LogP contribution in [0.25, 0.3) is 0 Å². The first-order chi connectivity index (χ1) is 14.2. The van der Waals surface area contributed by atoms with Gasteiger partial charge in [0.1, 0.15) is 6.61 Å². The van der Waals surface area contributed by atoms with Crippen molar-refractivity contribution in [2.75, 3.05) is 72.1 Å². The van der Waals surface area contributed by atoms with Gasteiger partial charge >= 0.3 is 5.97 Å². The van der Waals surface area contributed by atoms with Gasteiger partial charge in [-0.05, 0) is 24.2 Å². The molecule has 1 aromatic carbocycles. The van der Waals surface area contributed by atoms with Crippen LogP contribution < -0.4 is 5.32 Å². The lowest BCUT2D eigenvalue weighted by Gasteiger charge is -2.28. The van der Waals surface area contributed by atoms with Crippen LogP contribution >= 0.6 is 12.2 Å². The molecule has 3 rings (SSSR count). The fourth-order valence-corrected chi connectivity index (χ4v) is 3.84. The zero-order valence-electron chi connectivity index (χ0n) is 17.1. The molecule has 0 saturated carbocycles. The molecule has 0 radical (unpaired) electrons. The zero-order chi connectivity index (χ0) is 20.3. The van der Waals surface area contributed by atoms with Gasteiger partial charge in [-0.2, -0.15) is 0 Å². The first kappa shape index (κ1) is 22.0. The molecule has 2 fully saturated rings. The van der Waals surface area contributed by atoms with Crippen molar-refractivity contribution in [1.82, 2.24) is 20.0 Å². The number of morpholine rings is 1.